The molecule has 0 amide bonds. The molecule has 0 aliphatic heterocycles. The number of rotatable bonds is 3. The van der Waals surface area contributed by atoms with Gasteiger partial charge in [-0.2, -0.15) is 26.3 Å². The molecule has 47 heavy (non-hydrogen) atoms. The molecule has 0 aliphatic carbocycles. The van der Waals surface area contributed by atoms with Gasteiger partial charge in [0.2, 0.25) is 0 Å². The molecule has 1 N–H and O–H groups in total. The number of hydrogen-bond acceptors (Lipinski definition) is 6. The van der Waals surface area contributed by atoms with Crippen molar-refractivity contribution < 1.29 is 43.2 Å². The molecule has 0 aliphatic rings. The van der Waals surface area contributed by atoms with E-state index in [1.54, 1.807) is 55.6 Å². The first kappa shape index (κ1) is 35.4. The summed E-state index contributed by atoms with van der Waals surface area (Å²) in [5.74, 6) is 0. The number of nitrogens with one attached hydrogen (secondary N) is 1. The SMILES string of the molecule is Cc1cc(C(F)(F)F)nc2[nH]ccc12.Cc1cc(C(F)(F)F)nc2c1ccn2S(=O)(=O)c1ccccc1.O=S(=O)(Cl)c1ccccc1. The molecule has 2 aromatic carbocycles. The molecule has 0 atom stereocenters. The Hall–Kier alpha value is -4.41. The summed E-state index contributed by atoms with van der Waals surface area (Å²) in [4.78, 5) is 9.78. The fourth-order valence-electron chi connectivity index (χ4n) is 4.23. The summed E-state index contributed by atoms with van der Waals surface area (Å²) in [6.45, 7) is 3.12. The number of H-pyrrole nitrogens is 1. The average Bonchev–Trinajstić information content (AvgIpc) is 3.66. The summed E-state index contributed by atoms with van der Waals surface area (Å²) in [5.41, 5.74) is -1.05. The molecule has 0 saturated heterocycles. The van der Waals surface area contributed by atoms with Gasteiger partial charge in [-0.3, -0.25) is 0 Å². The van der Waals surface area contributed by atoms with Crippen LogP contribution in [0.5, 0.6) is 0 Å². The van der Waals surface area contributed by atoms with E-state index in [4.69, 9.17) is 10.7 Å². The molecule has 8 nitrogen and oxygen atoms in total. The van der Waals surface area contributed by atoms with E-state index in [2.05, 4.69) is 15.0 Å². The van der Waals surface area contributed by atoms with Crippen molar-refractivity contribution in [2.75, 3.05) is 0 Å². The standard InChI is InChI=1S/C15H11F3N2O2S.C9H7F3N2.C6H5ClO2S/c1-10-9-13(15(16,17)18)19-14-12(10)7-8-20(14)23(21,22)11-5-3-2-4-6-11;1-5-4-7(9(10,11)12)14-8-6(5)2-3-13-8;7-10(8,9)6-4-2-1-3-5-6/h2-9H,1H3;2-4H,1H3,(H,13,14);1-5H. The van der Waals surface area contributed by atoms with Gasteiger partial charge in [0.05, 0.1) is 9.79 Å². The number of nitrogens with zero attached hydrogens (tertiary/aromatic N) is 3. The molecule has 0 unspecified atom stereocenters. The van der Waals surface area contributed by atoms with Crippen LogP contribution in [0.3, 0.4) is 0 Å². The largest absolute Gasteiger partial charge is 0.433 e. The van der Waals surface area contributed by atoms with Gasteiger partial charge in [0.1, 0.15) is 17.0 Å². The Bertz CT molecular complexity index is 2240. The third-order valence-corrected chi connectivity index (χ3v) is 9.52. The van der Waals surface area contributed by atoms with Gasteiger partial charge in [-0.15, -0.1) is 0 Å². The van der Waals surface area contributed by atoms with Crippen molar-refractivity contribution in [1.82, 2.24) is 18.9 Å². The molecule has 17 heteroatoms. The molecule has 0 radical (unpaired) electrons. The van der Waals surface area contributed by atoms with Crippen molar-refractivity contribution in [1.29, 1.82) is 0 Å². The van der Waals surface area contributed by atoms with Crippen LogP contribution < -0.4 is 0 Å². The summed E-state index contributed by atoms with van der Waals surface area (Å²) in [6.07, 6.45) is -6.24. The Morgan fingerprint density at radius 2 is 1.17 bits per heavy atom. The van der Waals surface area contributed by atoms with Crippen LogP contribution in [-0.2, 0) is 31.4 Å². The van der Waals surface area contributed by atoms with Crippen LogP contribution >= 0.6 is 10.7 Å². The van der Waals surface area contributed by atoms with E-state index in [-0.39, 0.29) is 21.1 Å². The lowest BCUT2D eigenvalue weighted by Crippen LogP contribution is -2.14. The van der Waals surface area contributed by atoms with E-state index in [1.165, 1.54) is 43.5 Å². The van der Waals surface area contributed by atoms with Crippen LogP contribution in [-0.4, -0.2) is 35.8 Å². The first-order valence-electron chi connectivity index (χ1n) is 13.2. The number of fused-ring (bicyclic) bond motifs is 2. The lowest BCUT2D eigenvalue weighted by molar-refractivity contribution is -0.141. The Kier molecular flexibility index (Phi) is 10.1. The third-order valence-electron chi connectivity index (χ3n) is 6.47. The summed E-state index contributed by atoms with van der Waals surface area (Å²) < 4.78 is 123. The minimum absolute atomic E-state index is 0.0191. The number of aryl methyl sites for hydroxylation is 2. The van der Waals surface area contributed by atoms with Crippen molar-refractivity contribution in [2.45, 2.75) is 36.0 Å². The van der Waals surface area contributed by atoms with Crippen LogP contribution in [0, 0.1) is 13.8 Å². The summed E-state index contributed by atoms with van der Waals surface area (Å²) in [5, 5.41) is 1.08. The predicted molar refractivity (Wildman–Crippen MR) is 164 cm³/mol. The molecule has 0 saturated carbocycles. The number of benzene rings is 2. The van der Waals surface area contributed by atoms with Gasteiger partial charge in [0.15, 0.2) is 5.65 Å². The molecule has 4 heterocycles. The Balaban J connectivity index is 0.000000177. The zero-order chi connectivity index (χ0) is 34.8. The van der Waals surface area contributed by atoms with Crippen molar-refractivity contribution in [3.05, 3.63) is 120 Å². The molecule has 6 rings (SSSR count). The quantitative estimate of drug-likeness (QED) is 0.146. The smallest absolute Gasteiger partial charge is 0.346 e. The predicted octanol–water partition coefficient (Wildman–Crippen LogP) is 8.10. The molecule has 6 aromatic rings. The van der Waals surface area contributed by atoms with E-state index in [9.17, 15) is 43.2 Å². The zero-order valence-electron chi connectivity index (χ0n) is 24.2. The van der Waals surface area contributed by atoms with Gasteiger partial charge < -0.3 is 4.98 Å². The first-order valence-corrected chi connectivity index (χ1v) is 16.9. The van der Waals surface area contributed by atoms with E-state index < -0.39 is 42.8 Å². The molecule has 248 valence electrons. The molecular formula is C30H23ClF6N4O4S2. The van der Waals surface area contributed by atoms with Crippen LogP contribution in [0.15, 0.2) is 107 Å². The highest BCUT2D eigenvalue weighted by Gasteiger charge is 2.34. The highest BCUT2D eigenvalue weighted by molar-refractivity contribution is 8.13. The Morgan fingerprint density at radius 1 is 0.681 bits per heavy atom. The van der Waals surface area contributed by atoms with E-state index in [1.807, 2.05) is 0 Å². The number of hydrogen-bond donors (Lipinski definition) is 1. The maximum absolute atomic E-state index is 12.9. The van der Waals surface area contributed by atoms with E-state index >= 15 is 0 Å². The second-order valence-electron chi connectivity index (χ2n) is 9.80. The van der Waals surface area contributed by atoms with E-state index in [0.717, 1.165) is 21.5 Å². The van der Waals surface area contributed by atoms with Crippen molar-refractivity contribution in [3.63, 3.8) is 0 Å². The maximum atomic E-state index is 12.9. The highest BCUT2D eigenvalue weighted by atomic mass is 35.7. The van der Waals surface area contributed by atoms with Gasteiger partial charge in [0, 0.05) is 33.8 Å². The lowest BCUT2D eigenvalue weighted by atomic mass is 10.2. The number of pyridine rings is 2. The molecule has 4 aromatic heterocycles. The fraction of sp³-hybridized carbons (Fsp3) is 0.133. The summed E-state index contributed by atoms with van der Waals surface area (Å²) >= 11 is 0. The monoisotopic (exact) mass is 716 g/mol. The van der Waals surface area contributed by atoms with Gasteiger partial charge in [0.25, 0.3) is 19.1 Å². The fourth-order valence-corrected chi connectivity index (χ4v) is 6.34. The number of alkyl halides is 6. The third kappa shape index (κ3) is 8.31. The van der Waals surface area contributed by atoms with Gasteiger partial charge >= 0.3 is 12.4 Å². The summed E-state index contributed by atoms with van der Waals surface area (Å²) in [6, 6.07) is 20.5. The lowest BCUT2D eigenvalue weighted by Gasteiger charge is -2.10. The average molecular weight is 717 g/mol. The first-order chi connectivity index (χ1) is 21.8. The summed E-state index contributed by atoms with van der Waals surface area (Å²) in [7, 11) is -2.51. The second-order valence-corrected chi connectivity index (χ2v) is 14.2. The van der Waals surface area contributed by atoms with Crippen LogP contribution in [0.2, 0.25) is 0 Å². The molecule has 0 bridgehead atoms. The zero-order valence-corrected chi connectivity index (χ0v) is 26.6. The van der Waals surface area contributed by atoms with Gasteiger partial charge in [-0.25, -0.2) is 30.8 Å². The number of halogens is 7. The maximum Gasteiger partial charge on any atom is 0.433 e. The Morgan fingerprint density at radius 3 is 1.66 bits per heavy atom. The minimum atomic E-state index is -4.65. The van der Waals surface area contributed by atoms with Gasteiger partial charge in [-0.05, 0) is 73.5 Å². The molecule has 0 fully saturated rings. The second kappa shape index (κ2) is 13.4. The molecule has 0 spiro atoms. The number of aromatic nitrogens is 4. The topological polar surface area (TPSA) is 115 Å². The number of aromatic amines is 1. The van der Waals surface area contributed by atoms with E-state index in [0.29, 0.717) is 16.5 Å². The van der Waals surface area contributed by atoms with Crippen LogP contribution in [0.25, 0.3) is 22.1 Å². The molecular weight excluding hydrogens is 694 g/mol. The Labute approximate surface area is 269 Å². The minimum Gasteiger partial charge on any atom is -0.346 e. The van der Waals surface area contributed by atoms with Gasteiger partial charge in [-0.1, -0.05) is 36.4 Å². The van der Waals surface area contributed by atoms with Crippen molar-refractivity contribution >= 4 is 51.8 Å². The van der Waals surface area contributed by atoms with Crippen molar-refractivity contribution in [3.8, 4) is 0 Å². The van der Waals surface area contributed by atoms with Crippen molar-refractivity contribution in [2.24, 2.45) is 0 Å². The normalized spacial score (nSPS) is 12.3. The van der Waals surface area contributed by atoms with Crippen LogP contribution in [0.4, 0.5) is 26.3 Å². The van der Waals surface area contributed by atoms with Crippen LogP contribution in [0.1, 0.15) is 22.5 Å². The highest BCUT2D eigenvalue weighted by Crippen LogP contribution is 2.32.